The van der Waals surface area contributed by atoms with Gasteiger partial charge in [0, 0.05) is 33.7 Å². The highest BCUT2D eigenvalue weighted by Crippen LogP contribution is 2.30. The first-order valence-electron chi connectivity index (χ1n) is 13.8. The van der Waals surface area contributed by atoms with Crippen molar-refractivity contribution in [1.82, 2.24) is 10.2 Å². The Bertz CT molecular complexity index is 1450. The maximum absolute atomic E-state index is 5.98. The SMILES string of the molecule is CCCC/C(N=Nc1nnc(N=N/C(CCCC)=N/Nc2ccc(Cl)cc2)c2ccccc12)=N/Nc1ccc(Cl)cc1. The fourth-order valence-corrected chi connectivity index (χ4v) is 3.92. The number of aromatic nitrogens is 2. The number of hydrogen-bond donors (Lipinski definition) is 2. The Balaban J connectivity index is 1.57. The number of rotatable bonds is 12. The van der Waals surface area contributed by atoms with E-state index in [4.69, 9.17) is 23.2 Å². The van der Waals surface area contributed by atoms with Crippen molar-refractivity contribution in [2.75, 3.05) is 10.9 Å². The quantitative estimate of drug-likeness (QED) is 0.0723. The summed E-state index contributed by atoms with van der Waals surface area (Å²) in [7, 11) is 0. The molecule has 1 aromatic heterocycles. The normalized spacial score (nSPS) is 12.5. The van der Waals surface area contributed by atoms with Gasteiger partial charge in [-0.05, 0) is 61.4 Å². The molecule has 4 rings (SSSR count). The summed E-state index contributed by atoms with van der Waals surface area (Å²) < 4.78 is 0. The van der Waals surface area contributed by atoms with Crippen molar-refractivity contribution < 1.29 is 0 Å². The molecule has 0 aliphatic rings. The molecule has 0 aliphatic carbocycles. The number of hydrazone groups is 2. The zero-order chi connectivity index (χ0) is 29.6. The van der Waals surface area contributed by atoms with Crippen LogP contribution < -0.4 is 10.9 Å². The molecule has 0 bridgehead atoms. The van der Waals surface area contributed by atoms with Gasteiger partial charge in [-0.2, -0.15) is 10.2 Å². The molecular weight excluding hydrogens is 571 g/mol. The summed E-state index contributed by atoms with van der Waals surface area (Å²) in [5.41, 5.74) is 7.64. The summed E-state index contributed by atoms with van der Waals surface area (Å²) in [6.45, 7) is 4.22. The van der Waals surface area contributed by atoms with Crippen LogP contribution in [-0.2, 0) is 0 Å². The van der Waals surface area contributed by atoms with Crippen molar-refractivity contribution in [1.29, 1.82) is 0 Å². The topological polar surface area (TPSA) is 124 Å². The summed E-state index contributed by atoms with van der Waals surface area (Å²) in [5, 5.41) is 37.9. The van der Waals surface area contributed by atoms with E-state index in [1.807, 2.05) is 48.5 Å². The number of benzene rings is 3. The van der Waals surface area contributed by atoms with E-state index in [1.165, 1.54) is 0 Å². The molecule has 10 nitrogen and oxygen atoms in total. The molecule has 0 saturated heterocycles. The smallest absolute Gasteiger partial charge is 0.204 e. The predicted octanol–water partition coefficient (Wildman–Crippen LogP) is 10.3. The number of fused-ring (bicyclic) bond motifs is 1. The highest BCUT2D eigenvalue weighted by atomic mass is 35.5. The van der Waals surface area contributed by atoms with Crippen molar-refractivity contribution in [2.24, 2.45) is 30.7 Å². The first-order valence-corrected chi connectivity index (χ1v) is 14.6. The predicted molar refractivity (Wildman–Crippen MR) is 173 cm³/mol. The van der Waals surface area contributed by atoms with Crippen LogP contribution in [0.15, 0.2) is 103 Å². The van der Waals surface area contributed by atoms with Crippen LogP contribution in [0.3, 0.4) is 0 Å². The van der Waals surface area contributed by atoms with Crippen LogP contribution in [0.5, 0.6) is 0 Å². The van der Waals surface area contributed by atoms with Crippen molar-refractivity contribution in [3.8, 4) is 0 Å². The van der Waals surface area contributed by atoms with E-state index >= 15 is 0 Å². The van der Waals surface area contributed by atoms with E-state index in [0.717, 1.165) is 47.8 Å². The van der Waals surface area contributed by atoms with E-state index < -0.39 is 0 Å². The van der Waals surface area contributed by atoms with Crippen LogP contribution in [0, 0.1) is 0 Å². The van der Waals surface area contributed by atoms with Gasteiger partial charge in [-0.3, -0.25) is 10.9 Å². The van der Waals surface area contributed by atoms with E-state index in [-0.39, 0.29) is 0 Å². The lowest BCUT2D eigenvalue weighted by Gasteiger charge is -2.05. The second kappa shape index (κ2) is 16.2. The summed E-state index contributed by atoms with van der Waals surface area (Å²) in [5.74, 6) is 1.83. The fraction of sp³-hybridized carbons (Fsp3) is 0.267. The molecule has 4 aromatic rings. The number of azo groups is 2. The third-order valence-electron chi connectivity index (χ3n) is 5.99. The molecule has 12 heteroatoms. The van der Waals surface area contributed by atoms with Crippen LogP contribution in [-0.4, -0.2) is 21.9 Å². The molecule has 3 aromatic carbocycles. The Labute approximate surface area is 255 Å². The summed E-state index contributed by atoms with van der Waals surface area (Å²) >= 11 is 12.0. The number of amidine groups is 2. The van der Waals surface area contributed by atoms with Gasteiger partial charge in [-0.25, -0.2) is 0 Å². The molecule has 0 amide bonds. The summed E-state index contributed by atoms with van der Waals surface area (Å²) in [6, 6.07) is 22.2. The van der Waals surface area contributed by atoms with E-state index in [9.17, 15) is 0 Å². The summed E-state index contributed by atoms with van der Waals surface area (Å²) in [6.07, 6.45) is 5.14. The Kier molecular flexibility index (Phi) is 11.9. The number of nitrogens with zero attached hydrogens (tertiary/aromatic N) is 8. The van der Waals surface area contributed by atoms with Gasteiger partial charge in [0.25, 0.3) is 0 Å². The van der Waals surface area contributed by atoms with Gasteiger partial charge in [0.05, 0.1) is 11.4 Å². The summed E-state index contributed by atoms with van der Waals surface area (Å²) in [4.78, 5) is 0. The van der Waals surface area contributed by atoms with Crippen LogP contribution >= 0.6 is 23.2 Å². The minimum Gasteiger partial charge on any atom is -0.277 e. The zero-order valence-electron chi connectivity index (χ0n) is 23.5. The maximum Gasteiger partial charge on any atom is 0.204 e. The van der Waals surface area contributed by atoms with Gasteiger partial charge in [0.1, 0.15) is 0 Å². The molecule has 1 heterocycles. The van der Waals surface area contributed by atoms with E-state index in [2.05, 4.69) is 65.6 Å². The lowest BCUT2D eigenvalue weighted by molar-refractivity contribution is 0.825. The molecule has 0 saturated carbocycles. The van der Waals surface area contributed by atoms with Gasteiger partial charge >= 0.3 is 0 Å². The Morgan fingerprint density at radius 3 is 1.40 bits per heavy atom. The minimum absolute atomic E-state index is 0.365. The highest BCUT2D eigenvalue weighted by molar-refractivity contribution is 6.30. The Hall–Kier alpha value is -4.28. The first kappa shape index (κ1) is 30.7. The zero-order valence-corrected chi connectivity index (χ0v) is 25.0. The van der Waals surface area contributed by atoms with Crippen molar-refractivity contribution in [2.45, 2.75) is 52.4 Å². The second-order valence-corrected chi connectivity index (χ2v) is 10.2. The average molecular weight is 604 g/mol. The van der Waals surface area contributed by atoms with E-state index in [1.54, 1.807) is 24.3 Å². The third-order valence-corrected chi connectivity index (χ3v) is 6.50. The van der Waals surface area contributed by atoms with Crippen LogP contribution in [0.1, 0.15) is 52.4 Å². The highest BCUT2D eigenvalue weighted by Gasteiger charge is 2.10. The maximum atomic E-state index is 5.98. The molecule has 2 N–H and O–H groups in total. The van der Waals surface area contributed by atoms with E-state index in [0.29, 0.717) is 46.2 Å². The second-order valence-electron chi connectivity index (χ2n) is 9.29. The number of halogens is 2. The van der Waals surface area contributed by atoms with Gasteiger partial charge in [0.2, 0.25) is 11.6 Å². The minimum atomic E-state index is 0.365. The third kappa shape index (κ3) is 9.39. The molecule has 0 atom stereocenters. The van der Waals surface area contributed by atoms with Crippen LogP contribution in [0.4, 0.5) is 23.0 Å². The molecule has 0 unspecified atom stereocenters. The van der Waals surface area contributed by atoms with Crippen molar-refractivity contribution >= 4 is 68.7 Å². The van der Waals surface area contributed by atoms with Gasteiger partial charge in [-0.15, -0.1) is 30.7 Å². The van der Waals surface area contributed by atoms with Crippen LogP contribution in [0.2, 0.25) is 10.0 Å². The number of anilines is 2. The number of unbranched alkanes of at least 4 members (excludes halogenated alkanes) is 2. The number of nitrogens with one attached hydrogen (secondary N) is 2. The van der Waals surface area contributed by atoms with Crippen molar-refractivity contribution in [3.63, 3.8) is 0 Å². The fourth-order valence-electron chi connectivity index (χ4n) is 3.67. The Morgan fingerprint density at radius 2 is 1.02 bits per heavy atom. The van der Waals surface area contributed by atoms with Gasteiger partial charge in [0.15, 0.2) is 11.7 Å². The lowest BCUT2D eigenvalue weighted by Crippen LogP contribution is -1.99. The first-order chi connectivity index (χ1) is 20.6. The van der Waals surface area contributed by atoms with Crippen molar-refractivity contribution in [3.05, 3.63) is 82.8 Å². The molecular formula is C30H32Cl2N10. The molecule has 0 spiro atoms. The standard InChI is InChI=1S/C30H32Cl2N10/c1-3-5-11-27(35-33-23-17-13-21(31)14-18-23)37-39-29-25-9-7-8-10-26(25)30(42-41-29)40-38-28(12-6-4-2)36-34-24-19-15-22(32)16-20-24/h7-10,13-20,33-34H,3-6,11-12H2,1-2H3/b35-27-,36-28+,39-37?,40-38?. The molecule has 42 heavy (non-hydrogen) atoms. The molecule has 216 valence electrons. The van der Waals surface area contributed by atoms with Gasteiger partial charge in [-0.1, -0.05) is 74.2 Å². The van der Waals surface area contributed by atoms with Crippen LogP contribution in [0.25, 0.3) is 10.8 Å². The lowest BCUT2D eigenvalue weighted by atomic mass is 10.2. The molecule has 0 aliphatic heterocycles. The molecule has 0 fully saturated rings. The molecule has 0 radical (unpaired) electrons. The Morgan fingerprint density at radius 1 is 0.619 bits per heavy atom. The average Bonchev–Trinajstić information content (AvgIpc) is 3.02. The largest absolute Gasteiger partial charge is 0.277 e. The van der Waals surface area contributed by atoms with Gasteiger partial charge < -0.3 is 0 Å². The monoisotopic (exact) mass is 602 g/mol. The number of hydrogen-bond acceptors (Lipinski definition) is 8.